The third kappa shape index (κ3) is 3.79. The fourth-order valence-corrected chi connectivity index (χ4v) is 3.91. The zero-order valence-corrected chi connectivity index (χ0v) is 17.1. The molecule has 0 bridgehead atoms. The molecule has 1 fully saturated rings. The second kappa shape index (κ2) is 8.06. The summed E-state index contributed by atoms with van der Waals surface area (Å²) in [5, 5.41) is 3.96. The lowest BCUT2D eigenvalue weighted by Gasteiger charge is -2.18. The van der Waals surface area contributed by atoms with Gasteiger partial charge in [0.15, 0.2) is 0 Å². The maximum Gasteiger partial charge on any atom is 0.252 e. The first-order valence-electron chi connectivity index (χ1n) is 10.2. The van der Waals surface area contributed by atoms with Crippen molar-refractivity contribution in [2.75, 3.05) is 25.1 Å². The second-order valence-corrected chi connectivity index (χ2v) is 7.46. The number of nitrogens with zero attached hydrogens (tertiary/aromatic N) is 4. The molecule has 156 valence electrons. The van der Waals surface area contributed by atoms with Crippen molar-refractivity contribution >= 4 is 22.8 Å². The molecule has 3 aromatic heterocycles. The van der Waals surface area contributed by atoms with Crippen molar-refractivity contribution in [3.63, 3.8) is 0 Å². The number of nitrogens with one attached hydrogen (secondary N) is 2. The zero-order chi connectivity index (χ0) is 21.2. The normalized spacial score (nSPS) is 15.9. The summed E-state index contributed by atoms with van der Waals surface area (Å²) in [7, 11) is 1.55. The maximum atomic E-state index is 13.1. The predicted molar refractivity (Wildman–Crippen MR) is 118 cm³/mol. The highest BCUT2D eigenvalue weighted by molar-refractivity contribution is 6.06. The molecule has 1 aliphatic rings. The number of amides is 1. The Balaban J connectivity index is 1.32. The van der Waals surface area contributed by atoms with E-state index in [1.54, 1.807) is 19.4 Å². The van der Waals surface area contributed by atoms with Gasteiger partial charge in [-0.1, -0.05) is 18.2 Å². The number of aromatic amines is 1. The van der Waals surface area contributed by atoms with Crippen LogP contribution in [-0.4, -0.2) is 52.1 Å². The summed E-state index contributed by atoms with van der Waals surface area (Å²) >= 11 is 0. The Labute approximate surface area is 179 Å². The first-order valence-corrected chi connectivity index (χ1v) is 10.2. The Hall–Kier alpha value is -3.94. The average Bonchev–Trinajstić information content (AvgIpc) is 3.51. The first-order chi connectivity index (χ1) is 15.2. The van der Waals surface area contributed by atoms with Crippen LogP contribution in [0.3, 0.4) is 0 Å². The van der Waals surface area contributed by atoms with E-state index in [1.165, 1.54) is 0 Å². The third-order valence-corrected chi connectivity index (χ3v) is 5.47. The van der Waals surface area contributed by atoms with Crippen LogP contribution >= 0.6 is 0 Å². The third-order valence-electron chi connectivity index (χ3n) is 5.47. The van der Waals surface area contributed by atoms with E-state index < -0.39 is 0 Å². The number of aromatic nitrogens is 4. The SMILES string of the molecule is COc1cc(C(=O)NC2CCN(c3nccc(-c4ccc[nH]4)n3)C2)c2ccccc2n1. The van der Waals surface area contributed by atoms with Crippen molar-refractivity contribution in [2.45, 2.75) is 12.5 Å². The Morgan fingerprint density at radius 3 is 2.94 bits per heavy atom. The summed E-state index contributed by atoms with van der Waals surface area (Å²) in [6, 6.07) is 15.1. The highest BCUT2D eigenvalue weighted by atomic mass is 16.5. The number of benzene rings is 1. The lowest BCUT2D eigenvalue weighted by atomic mass is 10.1. The van der Waals surface area contributed by atoms with Gasteiger partial charge in [-0.15, -0.1) is 0 Å². The van der Waals surface area contributed by atoms with Crippen molar-refractivity contribution in [1.82, 2.24) is 25.3 Å². The van der Waals surface area contributed by atoms with Crippen LogP contribution in [0.4, 0.5) is 5.95 Å². The van der Waals surface area contributed by atoms with Crippen molar-refractivity contribution in [2.24, 2.45) is 0 Å². The molecule has 31 heavy (non-hydrogen) atoms. The van der Waals surface area contributed by atoms with Crippen molar-refractivity contribution in [3.05, 3.63) is 66.5 Å². The van der Waals surface area contributed by atoms with Crippen molar-refractivity contribution in [1.29, 1.82) is 0 Å². The molecule has 1 atom stereocenters. The number of carbonyl (C=O) groups is 1. The summed E-state index contributed by atoms with van der Waals surface area (Å²) in [5.41, 5.74) is 3.09. The molecule has 0 radical (unpaired) electrons. The quantitative estimate of drug-likeness (QED) is 0.521. The maximum absolute atomic E-state index is 13.1. The lowest BCUT2D eigenvalue weighted by molar-refractivity contribution is 0.0941. The summed E-state index contributed by atoms with van der Waals surface area (Å²) in [6.45, 7) is 1.43. The van der Waals surface area contributed by atoms with Gasteiger partial charge in [0.2, 0.25) is 11.8 Å². The number of fused-ring (bicyclic) bond motifs is 1. The number of anilines is 1. The van der Waals surface area contributed by atoms with Crippen LogP contribution in [0.15, 0.2) is 60.9 Å². The number of ether oxygens (including phenoxy) is 1. The molecule has 4 aromatic rings. The highest BCUT2D eigenvalue weighted by Crippen LogP contribution is 2.24. The number of hydrogen-bond acceptors (Lipinski definition) is 6. The van der Waals surface area contributed by atoms with Crippen LogP contribution in [0.2, 0.25) is 0 Å². The Morgan fingerprint density at radius 2 is 2.10 bits per heavy atom. The summed E-state index contributed by atoms with van der Waals surface area (Å²) in [4.78, 5) is 31.9. The van der Waals surface area contributed by atoms with E-state index in [0.717, 1.165) is 35.3 Å². The van der Waals surface area contributed by atoms with Gasteiger partial charge in [-0.3, -0.25) is 4.79 Å². The molecule has 1 aromatic carbocycles. The Kier molecular flexibility index (Phi) is 4.95. The van der Waals surface area contributed by atoms with Crippen molar-refractivity contribution < 1.29 is 9.53 Å². The molecule has 2 N–H and O–H groups in total. The molecule has 4 heterocycles. The van der Waals surface area contributed by atoms with Gasteiger partial charge in [0.25, 0.3) is 5.91 Å². The Bertz CT molecular complexity index is 1220. The molecule has 5 rings (SSSR count). The van der Waals surface area contributed by atoms with Gasteiger partial charge in [0.1, 0.15) is 0 Å². The van der Waals surface area contributed by atoms with Gasteiger partial charge in [0, 0.05) is 43.0 Å². The molecule has 8 nitrogen and oxygen atoms in total. The van der Waals surface area contributed by atoms with E-state index >= 15 is 0 Å². The first kappa shape index (κ1) is 19.0. The van der Waals surface area contributed by atoms with E-state index in [-0.39, 0.29) is 11.9 Å². The fourth-order valence-electron chi connectivity index (χ4n) is 3.91. The van der Waals surface area contributed by atoms with E-state index in [2.05, 4.69) is 30.2 Å². The smallest absolute Gasteiger partial charge is 0.252 e. The van der Waals surface area contributed by atoms with Crippen LogP contribution in [0.5, 0.6) is 5.88 Å². The van der Waals surface area contributed by atoms with E-state index in [1.807, 2.05) is 48.7 Å². The number of rotatable bonds is 5. The second-order valence-electron chi connectivity index (χ2n) is 7.46. The number of para-hydroxylation sites is 1. The van der Waals surface area contributed by atoms with Gasteiger partial charge in [-0.05, 0) is 30.7 Å². The van der Waals surface area contributed by atoms with Crippen LogP contribution < -0.4 is 15.0 Å². The number of hydrogen-bond donors (Lipinski definition) is 2. The van der Waals surface area contributed by atoms with Gasteiger partial charge in [-0.25, -0.2) is 15.0 Å². The van der Waals surface area contributed by atoms with Crippen LogP contribution in [-0.2, 0) is 0 Å². The standard InChI is InChI=1S/C23H22N6O2/c1-31-21-13-17(16-5-2-3-6-18(16)27-21)22(30)26-15-9-12-29(14-15)23-25-11-8-20(28-23)19-7-4-10-24-19/h2-8,10-11,13,15,24H,9,12,14H2,1H3,(H,26,30). The molecule has 1 saturated heterocycles. The van der Waals surface area contributed by atoms with Crippen LogP contribution in [0.1, 0.15) is 16.8 Å². The molecule has 8 heteroatoms. The number of H-pyrrole nitrogens is 1. The molecule has 1 unspecified atom stereocenters. The fraction of sp³-hybridized carbons (Fsp3) is 0.217. The minimum absolute atomic E-state index is 0.00293. The molecule has 0 saturated carbocycles. The zero-order valence-electron chi connectivity index (χ0n) is 17.1. The number of methoxy groups -OCH3 is 1. The predicted octanol–water partition coefficient (Wildman–Crippen LogP) is 3.04. The average molecular weight is 414 g/mol. The van der Waals surface area contributed by atoms with Crippen LogP contribution in [0, 0.1) is 0 Å². The van der Waals surface area contributed by atoms with Gasteiger partial charge in [0.05, 0.1) is 29.6 Å². The monoisotopic (exact) mass is 414 g/mol. The molecule has 1 amide bonds. The molecule has 0 aliphatic carbocycles. The number of carbonyl (C=O) groups excluding carboxylic acids is 1. The van der Waals surface area contributed by atoms with Gasteiger partial charge >= 0.3 is 0 Å². The molecule has 1 aliphatic heterocycles. The van der Waals surface area contributed by atoms with Crippen LogP contribution in [0.25, 0.3) is 22.3 Å². The van der Waals surface area contributed by atoms with Crippen molar-refractivity contribution in [3.8, 4) is 17.3 Å². The molecular formula is C23H22N6O2. The molecular weight excluding hydrogens is 392 g/mol. The highest BCUT2D eigenvalue weighted by Gasteiger charge is 2.27. The van der Waals surface area contributed by atoms with Gasteiger partial charge < -0.3 is 19.9 Å². The lowest BCUT2D eigenvalue weighted by Crippen LogP contribution is -2.37. The van der Waals surface area contributed by atoms with E-state index in [4.69, 9.17) is 4.74 Å². The minimum atomic E-state index is -0.134. The van der Waals surface area contributed by atoms with Gasteiger partial charge in [-0.2, -0.15) is 0 Å². The topological polar surface area (TPSA) is 96.0 Å². The largest absolute Gasteiger partial charge is 0.481 e. The number of pyridine rings is 1. The minimum Gasteiger partial charge on any atom is -0.481 e. The van der Waals surface area contributed by atoms with E-state index in [0.29, 0.717) is 23.9 Å². The summed E-state index contributed by atoms with van der Waals surface area (Å²) < 4.78 is 5.28. The van der Waals surface area contributed by atoms with E-state index in [9.17, 15) is 4.79 Å². The summed E-state index contributed by atoms with van der Waals surface area (Å²) in [6.07, 6.45) is 4.46. The summed E-state index contributed by atoms with van der Waals surface area (Å²) in [5.74, 6) is 0.955. The Morgan fingerprint density at radius 1 is 1.19 bits per heavy atom. The molecule has 0 spiro atoms.